The summed E-state index contributed by atoms with van der Waals surface area (Å²) in [4.78, 5) is 0. The zero-order valence-corrected chi connectivity index (χ0v) is 9.39. The third-order valence-electron chi connectivity index (χ3n) is 2.87. The van der Waals surface area contributed by atoms with Gasteiger partial charge < -0.3 is 11.5 Å². The molecule has 0 amide bonds. The maximum Gasteiger partial charge on any atom is 0.0937 e. The predicted octanol–water partition coefficient (Wildman–Crippen LogP) is 2.12. The molecule has 2 rings (SSSR count). The van der Waals surface area contributed by atoms with E-state index in [1.165, 1.54) is 5.56 Å². The Balaban J connectivity index is 2.14. The standard InChI is InChI=1S/C14H18N2/c15-14(16,13-9-5-2-6-10-13)11-12-7-3-1-4-8-12/h1,3-5,7-10H,2,6,11,15-16H2. The van der Waals surface area contributed by atoms with Gasteiger partial charge in [-0.15, -0.1) is 0 Å². The molecule has 2 nitrogen and oxygen atoms in total. The van der Waals surface area contributed by atoms with Gasteiger partial charge in [-0.2, -0.15) is 0 Å². The van der Waals surface area contributed by atoms with Crippen LogP contribution in [-0.2, 0) is 6.42 Å². The van der Waals surface area contributed by atoms with Crippen LogP contribution in [0.1, 0.15) is 18.4 Å². The normalized spacial score (nSPS) is 16.0. The third-order valence-corrected chi connectivity index (χ3v) is 2.87. The van der Waals surface area contributed by atoms with Crippen molar-refractivity contribution >= 4 is 0 Å². The van der Waals surface area contributed by atoms with Gasteiger partial charge in [0.25, 0.3) is 0 Å². The maximum atomic E-state index is 6.18. The van der Waals surface area contributed by atoms with Crippen LogP contribution in [0.3, 0.4) is 0 Å². The monoisotopic (exact) mass is 214 g/mol. The van der Waals surface area contributed by atoms with Gasteiger partial charge in [-0.25, -0.2) is 0 Å². The molecule has 2 heteroatoms. The summed E-state index contributed by atoms with van der Waals surface area (Å²) in [6.07, 6.45) is 9.12. The summed E-state index contributed by atoms with van der Waals surface area (Å²) in [6.45, 7) is 0. The molecular weight excluding hydrogens is 196 g/mol. The molecule has 0 aromatic heterocycles. The van der Waals surface area contributed by atoms with E-state index in [-0.39, 0.29) is 0 Å². The summed E-state index contributed by atoms with van der Waals surface area (Å²) in [6, 6.07) is 10.1. The SMILES string of the molecule is NC(N)(Cc1ccccc1)C1=CCCC=C1. The van der Waals surface area contributed by atoms with Crippen LogP contribution in [0, 0.1) is 0 Å². The van der Waals surface area contributed by atoms with Crippen molar-refractivity contribution in [2.24, 2.45) is 11.5 Å². The van der Waals surface area contributed by atoms with Crippen LogP contribution in [0.15, 0.2) is 54.1 Å². The first kappa shape index (κ1) is 11.1. The molecule has 16 heavy (non-hydrogen) atoms. The molecule has 0 saturated heterocycles. The lowest BCUT2D eigenvalue weighted by molar-refractivity contribution is 0.523. The molecule has 0 fully saturated rings. The Labute approximate surface area is 96.6 Å². The number of rotatable bonds is 3. The highest BCUT2D eigenvalue weighted by atomic mass is 15.0. The van der Waals surface area contributed by atoms with Gasteiger partial charge in [0.15, 0.2) is 0 Å². The summed E-state index contributed by atoms with van der Waals surface area (Å²) >= 11 is 0. The van der Waals surface area contributed by atoms with Gasteiger partial charge in [0.2, 0.25) is 0 Å². The van der Waals surface area contributed by atoms with Crippen LogP contribution in [0.25, 0.3) is 0 Å². The minimum Gasteiger partial charge on any atom is -0.309 e. The van der Waals surface area contributed by atoms with E-state index in [0.29, 0.717) is 6.42 Å². The van der Waals surface area contributed by atoms with Crippen LogP contribution in [0.2, 0.25) is 0 Å². The molecule has 0 heterocycles. The zero-order chi connectivity index (χ0) is 11.4. The molecule has 1 aromatic carbocycles. The van der Waals surface area contributed by atoms with Crippen molar-refractivity contribution in [3.05, 3.63) is 59.7 Å². The highest BCUT2D eigenvalue weighted by Gasteiger charge is 2.23. The molecule has 0 bridgehead atoms. The summed E-state index contributed by atoms with van der Waals surface area (Å²) in [5.74, 6) is 0. The summed E-state index contributed by atoms with van der Waals surface area (Å²) < 4.78 is 0. The van der Waals surface area contributed by atoms with Crippen LogP contribution in [-0.4, -0.2) is 5.66 Å². The van der Waals surface area contributed by atoms with Crippen LogP contribution in [0.4, 0.5) is 0 Å². The number of nitrogens with two attached hydrogens (primary N) is 2. The van der Waals surface area contributed by atoms with Gasteiger partial charge in [0, 0.05) is 6.42 Å². The summed E-state index contributed by atoms with van der Waals surface area (Å²) in [7, 11) is 0. The number of allylic oxidation sites excluding steroid dienone is 2. The number of hydrogen-bond acceptors (Lipinski definition) is 2. The van der Waals surface area contributed by atoms with Gasteiger partial charge in [-0.05, 0) is 24.0 Å². The smallest absolute Gasteiger partial charge is 0.0937 e. The van der Waals surface area contributed by atoms with E-state index in [9.17, 15) is 0 Å². The van der Waals surface area contributed by atoms with Crippen LogP contribution < -0.4 is 11.5 Å². The Hall–Kier alpha value is -1.38. The molecule has 1 aromatic rings. The minimum absolute atomic E-state index is 0.671. The van der Waals surface area contributed by atoms with Crippen molar-refractivity contribution in [1.82, 2.24) is 0 Å². The summed E-state index contributed by atoms with van der Waals surface area (Å²) in [5.41, 5.74) is 13.8. The maximum absolute atomic E-state index is 6.18. The van der Waals surface area contributed by atoms with Crippen molar-refractivity contribution in [3.8, 4) is 0 Å². The average molecular weight is 214 g/mol. The van der Waals surface area contributed by atoms with Crippen LogP contribution >= 0.6 is 0 Å². The quantitative estimate of drug-likeness (QED) is 0.757. The van der Waals surface area contributed by atoms with Crippen LogP contribution in [0.5, 0.6) is 0 Å². The van der Waals surface area contributed by atoms with E-state index in [2.05, 4.69) is 24.3 Å². The second-order valence-electron chi connectivity index (χ2n) is 4.34. The first-order valence-electron chi connectivity index (χ1n) is 5.67. The molecule has 1 aliphatic rings. The van der Waals surface area contributed by atoms with E-state index >= 15 is 0 Å². The molecule has 0 spiro atoms. The fraction of sp³-hybridized carbons (Fsp3) is 0.286. The Kier molecular flexibility index (Phi) is 3.22. The molecular formula is C14H18N2. The topological polar surface area (TPSA) is 52.0 Å². The lowest BCUT2D eigenvalue weighted by Crippen LogP contribution is -2.52. The second-order valence-corrected chi connectivity index (χ2v) is 4.34. The average Bonchev–Trinajstić information content (AvgIpc) is 2.31. The molecule has 84 valence electrons. The second kappa shape index (κ2) is 4.64. The first-order valence-corrected chi connectivity index (χ1v) is 5.67. The van der Waals surface area contributed by atoms with Crippen molar-refractivity contribution in [1.29, 1.82) is 0 Å². The van der Waals surface area contributed by atoms with E-state index in [4.69, 9.17) is 11.5 Å². The van der Waals surface area contributed by atoms with Gasteiger partial charge in [-0.3, -0.25) is 0 Å². The lowest BCUT2D eigenvalue weighted by atomic mass is 9.90. The molecule has 0 atom stereocenters. The number of benzene rings is 1. The fourth-order valence-electron chi connectivity index (χ4n) is 1.99. The van der Waals surface area contributed by atoms with Gasteiger partial charge in [0.1, 0.15) is 0 Å². The van der Waals surface area contributed by atoms with E-state index < -0.39 is 5.66 Å². The molecule has 1 aliphatic carbocycles. The van der Waals surface area contributed by atoms with Gasteiger partial charge >= 0.3 is 0 Å². The Morgan fingerprint density at radius 1 is 1.06 bits per heavy atom. The van der Waals surface area contributed by atoms with Gasteiger partial charge in [0.05, 0.1) is 5.66 Å². The lowest BCUT2D eigenvalue weighted by Gasteiger charge is -2.27. The third kappa shape index (κ3) is 2.60. The largest absolute Gasteiger partial charge is 0.309 e. The predicted molar refractivity (Wildman–Crippen MR) is 67.7 cm³/mol. The van der Waals surface area contributed by atoms with Crippen molar-refractivity contribution in [2.45, 2.75) is 24.9 Å². The Bertz CT molecular complexity index is 402. The molecule has 0 saturated carbocycles. The molecule has 0 unspecified atom stereocenters. The summed E-state index contributed by atoms with van der Waals surface area (Å²) in [5, 5.41) is 0. The van der Waals surface area contributed by atoms with E-state index in [1.54, 1.807) is 0 Å². The molecule has 0 aliphatic heterocycles. The Morgan fingerprint density at radius 2 is 1.81 bits per heavy atom. The molecule has 0 radical (unpaired) electrons. The highest BCUT2D eigenvalue weighted by molar-refractivity contribution is 5.34. The van der Waals surface area contributed by atoms with Crippen molar-refractivity contribution in [2.75, 3.05) is 0 Å². The van der Waals surface area contributed by atoms with Crippen molar-refractivity contribution < 1.29 is 0 Å². The number of hydrogen-bond donors (Lipinski definition) is 2. The Morgan fingerprint density at radius 3 is 2.44 bits per heavy atom. The van der Waals surface area contributed by atoms with E-state index in [1.807, 2.05) is 24.3 Å². The minimum atomic E-state index is -0.752. The van der Waals surface area contributed by atoms with E-state index in [0.717, 1.165) is 18.4 Å². The van der Waals surface area contributed by atoms with Gasteiger partial charge in [-0.1, -0.05) is 48.6 Å². The highest BCUT2D eigenvalue weighted by Crippen LogP contribution is 2.20. The zero-order valence-electron chi connectivity index (χ0n) is 9.39. The molecule has 4 N–H and O–H groups in total. The fourth-order valence-corrected chi connectivity index (χ4v) is 1.99. The first-order chi connectivity index (χ1) is 7.68. The van der Waals surface area contributed by atoms with Crippen molar-refractivity contribution in [3.63, 3.8) is 0 Å².